The first kappa shape index (κ1) is 9.21. The summed E-state index contributed by atoms with van der Waals surface area (Å²) in [6.45, 7) is 0. The fraction of sp³-hybridized carbons (Fsp3) is 0.333. The highest BCUT2D eigenvalue weighted by molar-refractivity contribution is 9.09. The van der Waals surface area contributed by atoms with Gasteiger partial charge in [-0.1, -0.05) is 28.1 Å². The molecule has 0 radical (unpaired) electrons. The molecular formula is C9H8BrNO. The number of allylic oxidation sites excluding steroid dienone is 4. The van der Waals surface area contributed by atoms with Crippen LogP contribution in [0.2, 0.25) is 0 Å². The number of halogens is 1. The molecule has 0 saturated heterocycles. The molecule has 2 nitrogen and oxygen atoms in total. The van der Waals surface area contributed by atoms with Gasteiger partial charge in [0.25, 0.3) is 0 Å². The highest BCUT2D eigenvalue weighted by Crippen LogP contribution is 2.17. The van der Waals surface area contributed by atoms with Crippen molar-refractivity contribution in [2.24, 2.45) is 5.92 Å². The van der Waals surface area contributed by atoms with E-state index in [1.165, 1.54) is 0 Å². The van der Waals surface area contributed by atoms with E-state index in [4.69, 9.17) is 5.26 Å². The molecule has 0 fully saturated rings. The normalized spacial score (nSPS) is 21.3. The monoisotopic (exact) mass is 225 g/mol. The van der Waals surface area contributed by atoms with Crippen molar-refractivity contribution in [1.82, 2.24) is 0 Å². The van der Waals surface area contributed by atoms with Crippen LogP contribution in [-0.2, 0) is 4.79 Å². The minimum atomic E-state index is -0.0403. The van der Waals surface area contributed by atoms with Gasteiger partial charge in [0, 0.05) is 11.5 Å². The van der Waals surface area contributed by atoms with E-state index in [9.17, 15) is 4.79 Å². The number of nitriles is 1. The minimum Gasteiger partial charge on any atom is -0.298 e. The molecule has 0 aliphatic heterocycles. The number of rotatable bonds is 2. The van der Waals surface area contributed by atoms with Gasteiger partial charge < -0.3 is 0 Å². The van der Waals surface area contributed by atoms with E-state index in [0.717, 1.165) is 0 Å². The zero-order valence-electron chi connectivity index (χ0n) is 6.46. The lowest BCUT2D eigenvalue weighted by molar-refractivity contribution is -0.118. The Morgan fingerprint density at radius 3 is 3.00 bits per heavy atom. The molecule has 0 N–H and O–H groups in total. The van der Waals surface area contributed by atoms with Gasteiger partial charge in [0.2, 0.25) is 0 Å². The molecule has 0 bridgehead atoms. The molecule has 3 heteroatoms. The summed E-state index contributed by atoms with van der Waals surface area (Å²) in [6.07, 6.45) is 5.95. The molecule has 1 aliphatic rings. The van der Waals surface area contributed by atoms with E-state index in [0.29, 0.717) is 17.3 Å². The average Bonchev–Trinajstić information content (AvgIpc) is 2.17. The van der Waals surface area contributed by atoms with Crippen LogP contribution in [0.25, 0.3) is 0 Å². The zero-order chi connectivity index (χ0) is 8.97. The fourth-order valence-electron chi connectivity index (χ4n) is 1.04. The quantitative estimate of drug-likeness (QED) is 0.675. The van der Waals surface area contributed by atoms with Gasteiger partial charge in [-0.25, -0.2) is 0 Å². The van der Waals surface area contributed by atoms with Crippen molar-refractivity contribution in [3.63, 3.8) is 0 Å². The highest BCUT2D eigenvalue weighted by Gasteiger charge is 2.15. The Balaban J connectivity index is 2.61. The molecule has 0 amide bonds. The number of carbonyl (C=O) groups is 1. The Kier molecular flexibility index (Phi) is 3.24. The molecule has 0 aromatic heterocycles. The summed E-state index contributed by atoms with van der Waals surface area (Å²) < 4.78 is 0. The Bertz CT molecular complexity index is 285. The average molecular weight is 226 g/mol. The molecule has 1 atom stereocenters. The summed E-state index contributed by atoms with van der Waals surface area (Å²) in [7, 11) is 0. The van der Waals surface area contributed by atoms with Crippen LogP contribution in [0.4, 0.5) is 0 Å². The fourth-order valence-corrected chi connectivity index (χ4v) is 1.46. The first-order chi connectivity index (χ1) is 5.77. The second kappa shape index (κ2) is 4.22. The number of Topliss-reactive ketones (excluding diaryl/α,β-unsaturated/α-hetero) is 1. The van der Waals surface area contributed by atoms with Crippen molar-refractivity contribution >= 4 is 21.7 Å². The number of hydrogen-bond acceptors (Lipinski definition) is 2. The molecule has 0 saturated carbocycles. The molecular weight excluding hydrogens is 218 g/mol. The van der Waals surface area contributed by atoms with Crippen LogP contribution in [0.15, 0.2) is 23.8 Å². The molecule has 0 heterocycles. The van der Waals surface area contributed by atoms with E-state index >= 15 is 0 Å². The van der Waals surface area contributed by atoms with Gasteiger partial charge in [0.1, 0.15) is 0 Å². The molecule has 0 aromatic carbocycles. The maximum absolute atomic E-state index is 11.2. The highest BCUT2D eigenvalue weighted by atomic mass is 79.9. The van der Waals surface area contributed by atoms with Crippen LogP contribution < -0.4 is 0 Å². The van der Waals surface area contributed by atoms with Gasteiger partial charge in [0.15, 0.2) is 5.78 Å². The predicted molar refractivity (Wildman–Crippen MR) is 49.7 cm³/mol. The maximum atomic E-state index is 11.2. The van der Waals surface area contributed by atoms with E-state index < -0.39 is 0 Å². The van der Waals surface area contributed by atoms with Gasteiger partial charge in [0.05, 0.1) is 11.4 Å². The van der Waals surface area contributed by atoms with Crippen molar-refractivity contribution in [2.45, 2.75) is 6.42 Å². The Labute approximate surface area is 79.7 Å². The van der Waals surface area contributed by atoms with Gasteiger partial charge in [-0.3, -0.25) is 4.79 Å². The van der Waals surface area contributed by atoms with E-state index in [1.54, 1.807) is 18.2 Å². The molecule has 1 unspecified atom stereocenters. The molecule has 1 aliphatic carbocycles. The predicted octanol–water partition coefficient (Wildman–Crippen LogP) is 1.98. The third-order valence-electron chi connectivity index (χ3n) is 1.77. The molecule has 0 aromatic rings. The summed E-state index contributed by atoms with van der Waals surface area (Å²) in [4.78, 5) is 11.2. The van der Waals surface area contributed by atoms with Crippen molar-refractivity contribution in [1.29, 1.82) is 5.26 Å². The van der Waals surface area contributed by atoms with Crippen molar-refractivity contribution < 1.29 is 4.79 Å². The van der Waals surface area contributed by atoms with Crippen molar-refractivity contribution in [3.8, 4) is 6.07 Å². The third kappa shape index (κ3) is 2.05. The molecule has 1 rings (SSSR count). The SMILES string of the molecule is N#CC1=CCC(C(=O)CBr)C=C1. The topological polar surface area (TPSA) is 40.9 Å². The number of ketones is 1. The van der Waals surface area contributed by atoms with Crippen LogP contribution in [0, 0.1) is 17.2 Å². The van der Waals surface area contributed by atoms with E-state index in [2.05, 4.69) is 15.9 Å². The molecule has 0 spiro atoms. The molecule has 12 heavy (non-hydrogen) atoms. The minimum absolute atomic E-state index is 0.0403. The van der Waals surface area contributed by atoms with Crippen LogP contribution in [-0.4, -0.2) is 11.1 Å². The number of nitrogens with zero attached hydrogens (tertiary/aromatic N) is 1. The number of alkyl halides is 1. The Morgan fingerprint density at radius 2 is 2.58 bits per heavy atom. The van der Waals surface area contributed by atoms with Crippen LogP contribution >= 0.6 is 15.9 Å². The number of hydrogen-bond donors (Lipinski definition) is 0. The van der Waals surface area contributed by atoms with E-state index in [1.807, 2.05) is 6.07 Å². The summed E-state index contributed by atoms with van der Waals surface area (Å²) in [5.41, 5.74) is 0.647. The molecule has 62 valence electrons. The number of carbonyl (C=O) groups excluding carboxylic acids is 1. The van der Waals surface area contributed by atoms with Gasteiger partial charge in [-0.05, 0) is 12.5 Å². The van der Waals surface area contributed by atoms with Gasteiger partial charge in [-0.15, -0.1) is 0 Å². The summed E-state index contributed by atoms with van der Waals surface area (Å²) in [6, 6.07) is 2.03. The Hall–Kier alpha value is -0.880. The van der Waals surface area contributed by atoms with Crippen molar-refractivity contribution in [2.75, 3.05) is 5.33 Å². The van der Waals surface area contributed by atoms with Gasteiger partial charge in [-0.2, -0.15) is 5.26 Å². The summed E-state index contributed by atoms with van der Waals surface area (Å²) >= 11 is 3.11. The summed E-state index contributed by atoms with van der Waals surface area (Å²) in [5.74, 6) is 0.126. The lowest BCUT2D eigenvalue weighted by Gasteiger charge is -2.10. The van der Waals surface area contributed by atoms with Crippen LogP contribution in [0.3, 0.4) is 0 Å². The van der Waals surface area contributed by atoms with Crippen LogP contribution in [0.5, 0.6) is 0 Å². The zero-order valence-corrected chi connectivity index (χ0v) is 8.04. The van der Waals surface area contributed by atoms with Crippen molar-refractivity contribution in [3.05, 3.63) is 23.8 Å². The largest absolute Gasteiger partial charge is 0.298 e. The second-order valence-electron chi connectivity index (χ2n) is 2.57. The lowest BCUT2D eigenvalue weighted by atomic mass is 9.94. The first-order valence-corrected chi connectivity index (χ1v) is 4.77. The second-order valence-corrected chi connectivity index (χ2v) is 3.13. The first-order valence-electron chi connectivity index (χ1n) is 3.65. The third-order valence-corrected chi connectivity index (χ3v) is 2.33. The van der Waals surface area contributed by atoms with Gasteiger partial charge >= 0.3 is 0 Å². The maximum Gasteiger partial charge on any atom is 0.150 e. The lowest BCUT2D eigenvalue weighted by Crippen LogP contribution is -2.14. The smallest absolute Gasteiger partial charge is 0.150 e. The van der Waals surface area contributed by atoms with E-state index in [-0.39, 0.29) is 11.7 Å². The standard InChI is InChI=1S/C9H8BrNO/c10-5-9(12)8-3-1-7(6-11)2-4-8/h1-3,8H,4-5H2. The Morgan fingerprint density at radius 1 is 1.83 bits per heavy atom. The summed E-state index contributed by atoms with van der Waals surface area (Å²) in [5, 5.41) is 8.90. The van der Waals surface area contributed by atoms with Crippen LogP contribution in [0.1, 0.15) is 6.42 Å².